The average Bonchev–Trinajstić information content (AvgIpc) is 3.02. The summed E-state index contributed by atoms with van der Waals surface area (Å²) in [7, 11) is 0. The van der Waals surface area contributed by atoms with Gasteiger partial charge in [-0.2, -0.15) is 0 Å². The van der Waals surface area contributed by atoms with Gasteiger partial charge in [0.05, 0.1) is 0 Å². The van der Waals surface area contributed by atoms with E-state index in [0.29, 0.717) is 0 Å². The third-order valence-corrected chi connectivity index (χ3v) is 18.7. The Morgan fingerprint density at radius 2 is 0.439 bits per heavy atom. The van der Waals surface area contributed by atoms with Crippen molar-refractivity contribution in [2.75, 3.05) is 0 Å². The number of rotatable bonds is 6. The van der Waals surface area contributed by atoms with Gasteiger partial charge in [-0.15, -0.1) is 0 Å². The third-order valence-electron chi connectivity index (χ3n) is 7.21. The van der Waals surface area contributed by atoms with Crippen LogP contribution in [0.25, 0.3) is 0 Å². The van der Waals surface area contributed by atoms with Gasteiger partial charge in [-0.25, -0.2) is 0 Å². The van der Waals surface area contributed by atoms with E-state index in [1.807, 2.05) is 0 Å². The van der Waals surface area contributed by atoms with Crippen LogP contribution in [0.5, 0.6) is 0 Å². The summed E-state index contributed by atoms with van der Waals surface area (Å²) in [6.07, 6.45) is 0. The van der Waals surface area contributed by atoms with Gasteiger partial charge in [-0.05, 0) is 0 Å². The van der Waals surface area contributed by atoms with E-state index in [9.17, 15) is 0 Å². The van der Waals surface area contributed by atoms with Gasteiger partial charge in [0.15, 0.2) is 0 Å². The van der Waals surface area contributed by atoms with E-state index < -0.39 is 28.7 Å². The molecule has 0 amide bonds. The van der Waals surface area contributed by atoms with Crippen LogP contribution in [0.4, 0.5) is 0 Å². The summed E-state index contributed by atoms with van der Waals surface area (Å²) in [5.74, 6) is 0. The fourth-order valence-electron chi connectivity index (χ4n) is 4.98. The average molecular weight is 650 g/mol. The second-order valence-electron chi connectivity index (χ2n) is 10.4. The minimum atomic E-state index is -1.70. The Morgan fingerprint density at radius 3 is 0.659 bits per heavy atom. The van der Waals surface area contributed by atoms with E-state index in [4.69, 9.17) is 0 Å². The molecule has 0 spiro atoms. The van der Waals surface area contributed by atoms with E-state index >= 15 is 0 Å². The van der Waals surface area contributed by atoms with Crippen LogP contribution >= 0.6 is 0 Å². The van der Waals surface area contributed by atoms with Crippen LogP contribution in [-0.4, -0.2) is 28.7 Å². The molecule has 41 heavy (non-hydrogen) atoms. The van der Waals surface area contributed by atoms with Gasteiger partial charge in [-0.3, -0.25) is 0 Å². The molecule has 0 aromatic heterocycles. The predicted molar refractivity (Wildman–Crippen MR) is 182 cm³/mol. The molecule has 6 aromatic rings. The number of benzene rings is 6. The Labute approximate surface area is 255 Å². The molecule has 0 nitrogen and oxygen atoms in total. The maximum absolute atomic E-state index is 2.32. The van der Waals surface area contributed by atoms with E-state index in [2.05, 4.69) is 185 Å². The molecule has 0 bridgehead atoms. The first-order valence-corrected chi connectivity index (χ1v) is 20.5. The van der Waals surface area contributed by atoms with Crippen LogP contribution in [0.2, 0.25) is 0 Å². The second kappa shape index (κ2) is 14.3. The van der Waals surface area contributed by atoms with Gasteiger partial charge in [-0.1, -0.05) is 0 Å². The zero-order chi connectivity index (χ0) is 28.4. The first kappa shape index (κ1) is 28.9. The van der Waals surface area contributed by atoms with E-state index in [0.717, 1.165) is 0 Å². The Balaban J connectivity index is 0.000000166. The van der Waals surface area contributed by atoms with Gasteiger partial charge in [0.2, 0.25) is 0 Å². The zero-order valence-electron chi connectivity index (χ0n) is 24.1. The molecule has 0 aliphatic carbocycles. The molecule has 2 heteroatoms. The predicted octanol–water partition coefficient (Wildman–Crippen LogP) is 5.33. The normalized spacial score (nSPS) is 10.8. The van der Waals surface area contributed by atoms with Crippen molar-refractivity contribution in [2.45, 2.75) is 20.8 Å². The standard InChI is InChI=1S/C21H21Ge.C18H15Ge/c1-16-4-10-19(11-5-16)22(20-12-6-17(2)7-13-20)21-14-8-18(3)9-15-21;1-4-10-16(11-5-1)19(17-12-6-2-7-13-17)18-14-8-3-9-15-18/h4-15H,1-3H3;1-15H. The van der Waals surface area contributed by atoms with E-state index in [1.165, 1.54) is 43.1 Å². The van der Waals surface area contributed by atoms with Crippen LogP contribution < -0.4 is 26.4 Å². The second-order valence-corrected chi connectivity index (χ2v) is 20.9. The zero-order valence-corrected chi connectivity index (χ0v) is 28.3. The summed E-state index contributed by atoms with van der Waals surface area (Å²) in [5.41, 5.74) is 3.98. The fraction of sp³-hybridized carbons (Fsp3) is 0.0769. The van der Waals surface area contributed by atoms with Crippen LogP contribution in [0, 0.1) is 20.8 Å². The third kappa shape index (κ3) is 7.78. The van der Waals surface area contributed by atoms with Gasteiger partial charge >= 0.3 is 256 Å². The monoisotopic (exact) mass is 652 g/mol. The van der Waals surface area contributed by atoms with Crippen molar-refractivity contribution in [3.8, 4) is 0 Å². The summed E-state index contributed by atoms with van der Waals surface area (Å²) in [6.45, 7) is 6.46. The molecule has 0 fully saturated rings. The molecule has 0 heterocycles. The fourth-order valence-corrected chi connectivity index (χ4v) is 15.6. The van der Waals surface area contributed by atoms with Crippen molar-refractivity contribution in [2.24, 2.45) is 0 Å². The molecule has 0 N–H and O–H groups in total. The Kier molecular flexibility index (Phi) is 10.1. The summed E-state index contributed by atoms with van der Waals surface area (Å²) < 4.78 is 9.04. The molecule has 0 saturated carbocycles. The molecule has 0 aliphatic heterocycles. The van der Waals surface area contributed by atoms with E-state index in [-0.39, 0.29) is 0 Å². The van der Waals surface area contributed by atoms with Crippen LogP contribution in [-0.2, 0) is 0 Å². The Bertz CT molecular complexity index is 1410. The first-order chi connectivity index (χ1) is 20.1. The molecule has 0 unspecified atom stereocenters. The number of aryl methyl sites for hydroxylation is 3. The van der Waals surface area contributed by atoms with Crippen LogP contribution in [0.15, 0.2) is 164 Å². The van der Waals surface area contributed by atoms with Crippen LogP contribution in [0.1, 0.15) is 16.7 Å². The summed E-state index contributed by atoms with van der Waals surface area (Å²) in [4.78, 5) is 0. The molecule has 6 rings (SSSR count). The Hall–Kier alpha value is -3.59. The minimum absolute atomic E-state index is 1.33. The van der Waals surface area contributed by atoms with Crippen molar-refractivity contribution < 1.29 is 0 Å². The molecule has 0 aliphatic rings. The van der Waals surface area contributed by atoms with Gasteiger partial charge < -0.3 is 0 Å². The quantitative estimate of drug-likeness (QED) is 0.214. The van der Waals surface area contributed by atoms with Gasteiger partial charge in [0.1, 0.15) is 0 Å². The molecule has 0 atom stereocenters. The summed E-state index contributed by atoms with van der Waals surface area (Å²) >= 11 is -3.34. The topological polar surface area (TPSA) is 0 Å². The van der Waals surface area contributed by atoms with Crippen LogP contribution in [0.3, 0.4) is 0 Å². The maximum atomic E-state index is 2.32. The van der Waals surface area contributed by atoms with Gasteiger partial charge in [0.25, 0.3) is 0 Å². The van der Waals surface area contributed by atoms with Crippen molar-refractivity contribution >= 4 is 55.1 Å². The molecule has 200 valence electrons. The summed E-state index contributed by atoms with van der Waals surface area (Å²) in [5, 5.41) is 0. The van der Waals surface area contributed by atoms with Crippen molar-refractivity contribution in [1.82, 2.24) is 0 Å². The summed E-state index contributed by atoms with van der Waals surface area (Å²) in [6, 6.07) is 60.2. The molecule has 2 radical (unpaired) electrons. The molecular weight excluding hydrogens is 614 g/mol. The van der Waals surface area contributed by atoms with E-state index in [1.54, 1.807) is 0 Å². The number of hydrogen-bond donors (Lipinski definition) is 0. The Morgan fingerprint density at radius 1 is 0.244 bits per heavy atom. The van der Waals surface area contributed by atoms with Gasteiger partial charge in [0, 0.05) is 0 Å². The molecule has 6 aromatic carbocycles. The molecule has 0 saturated heterocycles. The molecular formula is C39H36Ge2. The van der Waals surface area contributed by atoms with Crippen molar-refractivity contribution in [3.63, 3.8) is 0 Å². The number of hydrogen-bond acceptors (Lipinski definition) is 0. The van der Waals surface area contributed by atoms with Crippen molar-refractivity contribution in [3.05, 3.63) is 180 Å². The SMILES string of the molecule is Cc1cc[c]([Ge]([c]2ccc(C)cc2)[c]2ccc(C)cc2)cc1.c1cc[c]([Ge]([c]2ccccc2)[c]2ccccc2)cc1. The van der Waals surface area contributed by atoms with Crippen molar-refractivity contribution in [1.29, 1.82) is 0 Å². The first-order valence-electron chi connectivity index (χ1n) is 14.2.